The second kappa shape index (κ2) is 10.1. The van der Waals surface area contributed by atoms with Gasteiger partial charge in [-0.2, -0.15) is 0 Å². The predicted molar refractivity (Wildman–Crippen MR) is 105 cm³/mol. The highest BCUT2D eigenvalue weighted by Gasteiger charge is 2.05. The van der Waals surface area contributed by atoms with Gasteiger partial charge in [0.2, 0.25) is 0 Å². The molecule has 0 radical (unpaired) electrons. The summed E-state index contributed by atoms with van der Waals surface area (Å²) in [6, 6.07) is 14.9. The average Bonchev–Trinajstić information content (AvgIpc) is 2.61. The number of rotatable bonds is 10. The Morgan fingerprint density at radius 1 is 0.880 bits per heavy atom. The second-order valence-corrected chi connectivity index (χ2v) is 6.90. The number of ether oxygens (including phenoxy) is 2. The Hall–Kier alpha value is -2.00. The van der Waals surface area contributed by atoms with Gasteiger partial charge in [0.1, 0.15) is 0 Å². The minimum atomic E-state index is 0.769. The van der Waals surface area contributed by atoms with Crippen molar-refractivity contribution in [3.63, 3.8) is 0 Å². The zero-order valence-electron chi connectivity index (χ0n) is 16.0. The highest BCUT2D eigenvalue weighted by molar-refractivity contribution is 5.44. The summed E-state index contributed by atoms with van der Waals surface area (Å²) in [6.45, 7) is 6.56. The maximum Gasteiger partial charge on any atom is 0.160 e. The zero-order chi connectivity index (χ0) is 18.1. The van der Waals surface area contributed by atoms with E-state index in [1.165, 1.54) is 29.5 Å². The lowest BCUT2D eigenvalue weighted by molar-refractivity contribution is 0.354. The molecule has 0 aromatic heterocycles. The molecule has 2 aromatic rings. The molecule has 0 aliphatic rings. The summed E-state index contributed by atoms with van der Waals surface area (Å²) in [4.78, 5) is 0. The Balaban J connectivity index is 1.92. The quantitative estimate of drug-likeness (QED) is 0.629. The smallest absolute Gasteiger partial charge is 0.160 e. The van der Waals surface area contributed by atoms with E-state index < -0.39 is 0 Å². The minimum absolute atomic E-state index is 0.769. The fraction of sp³-hybridized carbons (Fsp3) is 0.455. The van der Waals surface area contributed by atoms with Gasteiger partial charge in [-0.05, 0) is 60.5 Å². The van der Waals surface area contributed by atoms with Crippen LogP contribution in [0.15, 0.2) is 42.5 Å². The molecule has 0 bridgehead atoms. The Morgan fingerprint density at radius 3 is 2.32 bits per heavy atom. The Labute approximate surface area is 152 Å². The first kappa shape index (κ1) is 19.3. The van der Waals surface area contributed by atoms with Crippen LogP contribution in [-0.4, -0.2) is 20.8 Å². The SMILES string of the molecule is COc1ccc(Cc2cccc(CNCCCC(C)C)c2)cc1OC. The first-order valence-corrected chi connectivity index (χ1v) is 9.11. The summed E-state index contributed by atoms with van der Waals surface area (Å²) < 4.78 is 10.7. The molecule has 0 saturated carbocycles. The van der Waals surface area contributed by atoms with Crippen molar-refractivity contribution >= 4 is 0 Å². The Morgan fingerprint density at radius 2 is 1.60 bits per heavy atom. The number of benzene rings is 2. The van der Waals surface area contributed by atoms with E-state index >= 15 is 0 Å². The van der Waals surface area contributed by atoms with Crippen LogP contribution in [0.1, 0.15) is 43.4 Å². The van der Waals surface area contributed by atoms with Crippen LogP contribution < -0.4 is 14.8 Å². The monoisotopic (exact) mass is 341 g/mol. The molecule has 0 aliphatic heterocycles. The molecule has 3 heteroatoms. The van der Waals surface area contributed by atoms with Crippen LogP contribution in [0.25, 0.3) is 0 Å². The van der Waals surface area contributed by atoms with Crippen molar-refractivity contribution in [3.8, 4) is 11.5 Å². The molecule has 2 rings (SSSR count). The van der Waals surface area contributed by atoms with Crippen LogP contribution in [-0.2, 0) is 13.0 Å². The summed E-state index contributed by atoms with van der Waals surface area (Å²) in [5.41, 5.74) is 3.87. The largest absolute Gasteiger partial charge is 0.493 e. The van der Waals surface area contributed by atoms with Crippen molar-refractivity contribution in [2.45, 2.75) is 39.7 Å². The van der Waals surface area contributed by atoms with Crippen LogP contribution in [0.5, 0.6) is 11.5 Å². The van der Waals surface area contributed by atoms with Gasteiger partial charge >= 0.3 is 0 Å². The first-order valence-electron chi connectivity index (χ1n) is 9.11. The van der Waals surface area contributed by atoms with Crippen LogP contribution in [0.2, 0.25) is 0 Å². The van der Waals surface area contributed by atoms with E-state index in [-0.39, 0.29) is 0 Å². The van der Waals surface area contributed by atoms with Crippen molar-refractivity contribution < 1.29 is 9.47 Å². The lowest BCUT2D eigenvalue weighted by Crippen LogP contribution is -2.15. The Kier molecular flexibility index (Phi) is 7.80. The Bertz CT molecular complexity index is 652. The summed E-state index contributed by atoms with van der Waals surface area (Å²) in [5.74, 6) is 2.33. The summed E-state index contributed by atoms with van der Waals surface area (Å²) in [6.07, 6.45) is 3.41. The number of nitrogens with one attached hydrogen (secondary N) is 1. The van der Waals surface area contributed by atoms with Gasteiger partial charge in [0, 0.05) is 6.54 Å². The van der Waals surface area contributed by atoms with Gasteiger partial charge in [0.15, 0.2) is 11.5 Å². The predicted octanol–water partition coefficient (Wildman–Crippen LogP) is 4.82. The van der Waals surface area contributed by atoms with Crippen LogP contribution >= 0.6 is 0 Å². The van der Waals surface area contributed by atoms with Crippen molar-refractivity contribution in [1.82, 2.24) is 5.32 Å². The van der Waals surface area contributed by atoms with E-state index in [1.54, 1.807) is 14.2 Å². The zero-order valence-corrected chi connectivity index (χ0v) is 16.0. The molecule has 0 amide bonds. The highest BCUT2D eigenvalue weighted by Crippen LogP contribution is 2.28. The van der Waals surface area contributed by atoms with Gasteiger partial charge < -0.3 is 14.8 Å². The molecule has 1 N–H and O–H groups in total. The van der Waals surface area contributed by atoms with Crippen LogP contribution in [0.4, 0.5) is 0 Å². The second-order valence-electron chi connectivity index (χ2n) is 6.90. The van der Waals surface area contributed by atoms with E-state index in [1.807, 2.05) is 6.07 Å². The summed E-state index contributed by atoms with van der Waals surface area (Å²) in [5, 5.41) is 3.54. The maximum atomic E-state index is 5.40. The molecule has 0 fully saturated rings. The van der Waals surface area contributed by atoms with Gasteiger partial charge in [0.05, 0.1) is 14.2 Å². The van der Waals surface area contributed by atoms with Crippen molar-refractivity contribution in [3.05, 3.63) is 59.2 Å². The van der Waals surface area contributed by atoms with E-state index in [9.17, 15) is 0 Å². The van der Waals surface area contributed by atoms with Gasteiger partial charge in [0.25, 0.3) is 0 Å². The standard InChI is InChI=1S/C22H31NO2/c1-17(2)7-6-12-23-16-20-9-5-8-18(14-20)13-19-10-11-21(24-3)22(15-19)25-4/h5,8-11,14-15,17,23H,6-7,12-13,16H2,1-4H3. The number of hydrogen-bond donors (Lipinski definition) is 1. The maximum absolute atomic E-state index is 5.40. The first-order chi connectivity index (χ1) is 12.1. The molecular formula is C22H31NO2. The molecule has 0 unspecified atom stereocenters. The third-order valence-electron chi connectivity index (χ3n) is 4.31. The van der Waals surface area contributed by atoms with Gasteiger partial charge in [-0.3, -0.25) is 0 Å². The molecular weight excluding hydrogens is 310 g/mol. The lowest BCUT2D eigenvalue weighted by atomic mass is 10.0. The van der Waals surface area contributed by atoms with E-state index in [0.29, 0.717) is 0 Å². The van der Waals surface area contributed by atoms with Crippen molar-refractivity contribution in [2.75, 3.05) is 20.8 Å². The third-order valence-corrected chi connectivity index (χ3v) is 4.31. The molecule has 2 aromatic carbocycles. The average molecular weight is 341 g/mol. The van der Waals surface area contributed by atoms with Crippen LogP contribution in [0.3, 0.4) is 0 Å². The highest BCUT2D eigenvalue weighted by atomic mass is 16.5. The molecule has 136 valence electrons. The molecule has 0 aliphatic carbocycles. The minimum Gasteiger partial charge on any atom is -0.493 e. The normalized spacial score (nSPS) is 10.9. The molecule has 0 saturated heterocycles. The number of hydrogen-bond acceptors (Lipinski definition) is 3. The van der Waals surface area contributed by atoms with E-state index in [4.69, 9.17) is 9.47 Å². The molecule has 3 nitrogen and oxygen atoms in total. The molecule has 0 heterocycles. The van der Waals surface area contributed by atoms with Gasteiger partial charge in [-0.25, -0.2) is 0 Å². The summed E-state index contributed by atoms with van der Waals surface area (Å²) >= 11 is 0. The number of methoxy groups -OCH3 is 2. The van der Waals surface area contributed by atoms with Crippen molar-refractivity contribution in [2.24, 2.45) is 5.92 Å². The molecule has 0 spiro atoms. The fourth-order valence-electron chi connectivity index (χ4n) is 2.94. The van der Waals surface area contributed by atoms with Crippen LogP contribution in [0, 0.1) is 5.92 Å². The topological polar surface area (TPSA) is 30.5 Å². The molecule has 0 atom stereocenters. The van der Waals surface area contributed by atoms with Gasteiger partial charge in [-0.1, -0.05) is 44.2 Å². The summed E-state index contributed by atoms with van der Waals surface area (Å²) in [7, 11) is 3.34. The fourth-order valence-corrected chi connectivity index (χ4v) is 2.94. The van der Waals surface area contributed by atoms with E-state index in [0.717, 1.165) is 36.9 Å². The van der Waals surface area contributed by atoms with Crippen molar-refractivity contribution in [1.29, 1.82) is 0 Å². The lowest BCUT2D eigenvalue weighted by Gasteiger charge is -2.11. The van der Waals surface area contributed by atoms with E-state index in [2.05, 4.69) is 55.6 Å². The van der Waals surface area contributed by atoms with Gasteiger partial charge in [-0.15, -0.1) is 0 Å². The molecule has 25 heavy (non-hydrogen) atoms. The third kappa shape index (κ3) is 6.43.